The minimum Gasteiger partial charge on any atom is -0.324 e. The van der Waals surface area contributed by atoms with Gasteiger partial charge in [-0.25, -0.2) is 9.37 Å². The summed E-state index contributed by atoms with van der Waals surface area (Å²) in [6.45, 7) is 0. The van der Waals surface area contributed by atoms with Gasteiger partial charge in [0.25, 0.3) is 0 Å². The van der Waals surface area contributed by atoms with Crippen LogP contribution in [0.3, 0.4) is 0 Å². The van der Waals surface area contributed by atoms with Gasteiger partial charge in [-0.3, -0.25) is 0 Å². The molecule has 92 valence electrons. The summed E-state index contributed by atoms with van der Waals surface area (Å²) in [5.74, 6) is 0.0934. The van der Waals surface area contributed by atoms with E-state index in [-0.39, 0.29) is 5.82 Å². The third kappa shape index (κ3) is 2.11. The van der Waals surface area contributed by atoms with Gasteiger partial charge in [-0.15, -0.1) is 0 Å². The van der Waals surface area contributed by atoms with Crippen molar-refractivity contribution < 1.29 is 4.39 Å². The molecule has 0 radical (unpaired) electrons. The minimum absolute atomic E-state index is 0.347. The van der Waals surface area contributed by atoms with Gasteiger partial charge in [0.1, 0.15) is 5.82 Å². The molecular formula is C14H9FN4. The Morgan fingerprint density at radius 3 is 2.84 bits per heavy atom. The lowest BCUT2D eigenvalue weighted by Crippen LogP contribution is -1.94. The second kappa shape index (κ2) is 4.42. The zero-order chi connectivity index (χ0) is 13.2. The maximum Gasteiger partial charge on any atom is 0.205 e. The molecule has 0 fully saturated rings. The van der Waals surface area contributed by atoms with Gasteiger partial charge in [0.15, 0.2) is 0 Å². The van der Waals surface area contributed by atoms with E-state index in [1.165, 1.54) is 6.07 Å². The first kappa shape index (κ1) is 11.2. The zero-order valence-corrected chi connectivity index (χ0v) is 9.81. The van der Waals surface area contributed by atoms with Gasteiger partial charge in [0.2, 0.25) is 5.95 Å². The van der Waals surface area contributed by atoms with E-state index in [0.717, 1.165) is 11.0 Å². The highest BCUT2D eigenvalue weighted by Crippen LogP contribution is 2.20. The topological polar surface area (TPSA) is 64.5 Å². The monoisotopic (exact) mass is 252 g/mol. The summed E-state index contributed by atoms with van der Waals surface area (Å²) in [6.07, 6.45) is 0. The number of nitrogens with one attached hydrogen (secondary N) is 2. The molecule has 2 N–H and O–H groups in total. The van der Waals surface area contributed by atoms with Gasteiger partial charge in [0.05, 0.1) is 28.4 Å². The SMILES string of the molecule is N#Cc1ccc2nc(Nc3ccccc3F)[nH]c2c1. The number of nitriles is 1. The smallest absolute Gasteiger partial charge is 0.205 e. The van der Waals surface area contributed by atoms with E-state index in [1.807, 2.05) is 0 Å². The van der Waals surface area contributed by atoms with Gasteiger partial charge < -0.3 is 10.3 Å². The van der Waals surface area contributed by atoms with E-state index < -0.39 is 0 Å². The Kier molecular flexibility index (Phi) is 2.62. The largest absolute Gasteiger partial charge is 0.324 e. The summed E-state index contributed by atoms with van der Waals surface area (Å²) >= 11 is 0. The highest BCUT2D eigenvalue weighted by molar-refractivity contribution is 5.79. The molecule has 19 heavy (non-hydrogen) atoms. The van der Waals surface area contributed by atoms with Crippen molar-refractivity contribution in [2.45, 2.75) is 0 Å². The lowest BCUT2D eigenvalue weighted by Gasteiger charge is -2.02. The standard InChI is InChI=1S/C14H9FN4/c15-10-3-1-2-4-11(10)17-14-18-12-6-5-9(8-16)7-13(12)19-14/h1-7H,(H2,17,18,19). The first-order chi connectivity index (χ1) is 9.26. The lowest BCUT2D eigenvalue weighted by atomic mass is 10.2. The summed E-state index contributed by atoms with van der Waals surface area (Å²) in [4.78, 5) is 7.29. The van der Waals surface area contributed by atoms with Crippen molar-refractivity contribution in [1.29, 1.82) is 5.26 Å². The summed E-state index contributed by atoms with van der Waals surface area (Å²) in [5, 5.41) is 11.7. The first-order valence-corrected chi connectivity index (χ1v) is 5.68. The number of hydrogen-bond acceptors (Lipinski definition) is 3. The van der Waals surface area contributed by atoms with Crippen LogP contribution in [0.1, 0.15) is 5.56 Å². The Hall–Kier alpha value is -2.87. The van der Waals surface area contributed by atoms with Crippen LogP contribution in [0.15, 0.2) is 42.5 Å². The number of nitrogens with zero attached hydrogens (tertiary/aromatic N) is 2. The van der Waals surface area contributed by atoms with E-state index in [9.17, 15) is 4.39 Å². The average molecular weight is 252 g/mol. The number of para-hydroxylation sites is 1. The number of anilines is 2. The van der Waals surface area contributed by atoms with Crippen LogP contribution >= 0.6 is 0 Å². The molecule has 2 aromatic carbocycles. The molecule has 0 amide bonds. The normalized spacial score (nSPS) is 10.3. The Bertz CT molecular complexity index is 785. The molecule has 3 rings (SSSR count). The highest BCUT2D eigenvalue weighted by Gasteiger charge is 2.06. The molecule has 3 aromatic rings. The Morgan fingerprint density at radius 2 is 2.05 bits per heavy atom. The number of hydrogen-bond donors (Lipinski definition) is 2. The fourth-order valence-corrected chi connectivity index (χ4v) is 1.83. The van der Waals surface area contributed by atoms with Crippen LogP contribution < -0.4 is 5.32 Å². The molecular weight excluding hydrogens is 243 g/mol. The van der Waals surface area contributed by atoms with Crippen LogP contribution in [-0.2, 0) is 0 Å². The molecule has 5 heteroatoms. The maximum atomic E-state index is 13.5. The van der Waals surface area contributed by atoms with Crippen molar-refractivity contribution in [2.24, 2.45) is 0 Å². The maximum absolute atomic E-state index is 13.5. The van der Waals surface area contributed by atoms with E-state index in [2.05, 4.69) is 21.4 Å². The molecule has 0 aliphatic carbocycles. The Morgan fingerprint density at radius 1 is 1.21 bits per heavy atom. The van der Waals surface area contributed by atoms with Gasteiger partial charge in [0, 0.05) is 0 Å². The molecule has 0 spiro atoms. The van der Waals surface area contributed by atoms with Crippen molar-refractivity contribution in [1.82, 2.24) is 9.97 Å². The van der Waals surface area contributed by atoms with Crippen molar-refractivity contribution in [3.63, 3.8) is 0 Å². The number of aromatic nitrogens is 2. The molecule has 0 unspecified atom stereocenters. The average Bonchev–Trinajstić information content (AvgIpc) is 2.82. The third-order valence-corrected chi connectivity index (χ3v) is 2.74. The highest BCUT2D eigenvalue weighted by atomic mass is 19.1. The van der Waals surface area contributed by atoms with Crippen LogP contribution in [-0.4, -0.2) is 9.97 Å². The quantitative estimate of drug-likeness (QED) is 0.735. The molecule has 0 aliphatic heterocycles. The van der Waals surface area contributed by atoms with E-state index in [4.69, 9.17) is 5.26 Å². The van der Waals surface area contributed by atoms with Gasteiger partial charge >= 0.3 is 0 Å². The number of imidazole rings is 1. The van der Waals surface area contributed by atoms with Crippen LogP contribution in [0, 0.1) is 17.1 Å². The Labute approximate surface area is 108 Å². The Balaban J connectivity index is 1.98. The van der Waals surface area contributed by atoms with Gasteiger partial charge in [-0.05, 0) is 30.3 Å². The fourth-order valence-electron chi connectivity index (χ4n) is 1.83. The second-order valence-electron chi connectivity index (χ2n) is 4.03. The van der Waals surface area contributed by atoms with Crippen molar-refractivity contribution in [3.05, 3.63) is 53.8 Å². The number of benzene rings is 2. The van der Waals surface area contributed by atoms with Gasteiger partial charge in [-0.2, -0.15) is 5.26 Å². The molecule has 0 aliphatic rings. The fraction of sp³-hybridized carbons (Fsp3) is 0. The molecule has 0 bridgehead atoms. The van der Waals surface area contributed by atoms with E-state index in [0.29, 0.717) is 17.2 Å². The molecule has 0 saturated heterocycles. The number of aromatic amines is 1. The van der Waals surface area contributed by atoms with Crippen molar-refractivity contribution in [2.75, 3.05) is 5.32 Å². The number of rotatable bonds is 2. The van der Waals surface area contributed by atoms with E-state index in [1.54, 1.807) is 36.4 Å². The predicted molar refractivity (Wildman–Crippen MR) is 70.5 cm³/mol. The van der Waals surface area contributed by atoms with Crippen molar-refractivity contribution in [3.8, 4) is 6.07 Å². The second-order valence-corrected chi connectivity index (χ2v) is 4.03. The molecule has 4 nitrogen and oxygen atoms in total. The predicted octanol–water partition coefficient (Wildman–Crippen LogP) is 3.32. The van der Waals surface area contributed by atoms with Crippen LogP contribution in [0.4, 0.5) is 16.0 Å². The third-order valence-electron chi connectivity index (χ3n) is 2.74. The summed E-state index contributed by atoms with van der Waals surface area (Å²) in [5.41, 5.74) is 2.35. The number of fused-ring (bicyclic) bond motifs is 1. The van der Waals surface area contributed by atoms with Crippen LogP contribution in [0.2, 0.25) is 0 Å². The summed E-state index contributed by atoms with van der Waals surface area (Å²) < 4.78 is 13.5. The molecule has 1 heterocycles. The summed E-state index contributed by atoms with van der Waals surface area (Å²) in [6, 6.07) is 13.6. The summed E-state index contributed by atoms with van der Waals surface area (Å²) in [7, 11) is 0. The zero-order valence-electron chi connectivity index (χ0n) is 9.81. The van der Waals surface area contributed by atoms with Crippen LogP contribution in [0.5, 0.6) is 0 Å². The molecule has 1 aromatic heterocycles. The number of halogens is 1. The first-order valence-electron chi connectivity index (χ1n) is 5.68. The minimum atomic E-state index is -0.347. The number of H-pyrrole nitrogens is 1. The van der Waals surface area contributed by atoms with E-state index >= 15 is 0 Å². The van der Waals surface area contributed by atoms with Gasteiger partial charge in [-0.1, -0.05) is 12.1 Å². The van der Waals surface area contributed by atoms with Crippen molar-refractivity contribution >= 4 is 22.7 Å². The molecule has 0 saturated carbocycles. The van der Waals surface area contributed by atoms with Crippen LogP contribution in [0.25, 0.3) is 11.0 Å². The molecule has 0 atom stereocenters. The lowest BCUT2D eigenvalue weighted by molar-refractivity contribution is 0.631.